The lowest BCUT2D eigenvalue weighted by Gasteiger charge is -2.36. The van der Waals surface area contributed by atoms with E-state index < -0.39 is 0 Å². The van der Waals surface area contributed by atoms with Crippen LogP contribution < -0.4 is 0 Å². The predicted octanol–water partition coefficient (Wildman–Crippen LogP) is 1.87. The molecule has 25 heavy (non-hydrogen) atoms. The third kappa shape index (κ3) is 6.37. The van der Waals surface area contributed by atoms with E-state index in [0.29, 0.717) is 0 Å². The predicted molar refractivity (Wildman–Crippen MR) is 106 cm³/mol. The zero-order valence-corrected chi connectivity index (χ0v) is 16.1. The molecule has 0 saturated carbocycles. The molecule has 2 saturated heterocycles. The maximum absolute atomic E-state index is 2.70. The smallest absolute Gasteiger partial charge is 0.0110 e. The first-order chi connectivity index (χ1) is 12.3. The highest BCUT2D eigenvalue weighted by molar-refractivity contribution is 5.14. The Bertz CT molecular complexity index is 458. The van der Waals surface area contributed by atoms with Gasteiger partial charge in [-0.2, -0.15) is 0 Å². The van der Waals surface area contributed by atoms with Gasteiger partial charge in [0.05, 0.1) is 0 Å². The summed E-state index contributed by atoms with van der Waals surface area (Å²) in [6, 6.07) is 11.0. The molecule has 2 fully saturated rings. The molecule has 1 aromatic rings. The zero-order valence-electron chi connectivity index (χ0n) is 16.1. The van der Waals surface area contributed by atoms with E-state index in [1.54, 1.807) is 0 Å². The molecule has 2 unspecified atom stereocenters. The minimum absolute atomic E-state index is 1.17. The van der Waals surface area contributed by atoms with E-state index >= 15 is 0 Å². The molecule has 3 rings (SSSR count). The first-order valence-electron chi connectivity index (χ1n) is 10.3. The Labute approximate surface area is 154 Å². The second-order valence-corrected chi connectivity index (χ2v) is 7.55. The van der Waals surface area contributed by atoms with Crippen LogP contribution in [0.5, 0.6) is 0 Å². The average molecular weight is 345 g/mol. The van der Waals surface area contributed by atoms with Crippen LogP contribution in [0, 0.1) is 0 Å². The number of hydrogen-bond donors (Lipinski definition) is 0. The third-order valence-electron chi connectivity index (χ3n) is 5.89. The monoisotopic (exact) mass is 344 g/mol. The molecule has 2 bridgehead atoms. The van der Waals surface area contributed by atoms with Crippen molar-refractivity contribution in [3.05, 3.63) is 35.9 Å². The highest BCUT2D eigenvalue weighted by atomic mass is 15.3. The average Bonchev–Trinajstić information content (AvgIpc) is 2.66. The van der Waals surface area contributed by atoms with Gasteiger partial charge < -0.3 is 19.6 Å². The fourth-order valence-electron chi connectivity index (χ4n) is 4.02. The minimum Gasteiger partial charge on any atom is -0.301 e. The van der Waals surface area contributed by atoms with Crippen molar-refractivity contribution in [2.24, 2.45) is 0 Å². The highest BCUT2D eigenvalue weighted by Gasteiger charge is 2.18. The molecule has 2 heterocycles. The fraction of sp³-hybridized carbons (Fsp3) is 0.714. The van der Waals surface area contributed by atoms with Gasteiger partial charge >= 0.3 is 0 Å². The van der Waals surface area contributed by atoms with Crippen LogP contribution >= 0.6 is 0 Å². The largest absolute Gasteiger partial charge is 0.301 e. The molecule has 0 amide bonds. The maximum atomic E-state index is 2.70. The summed E-state index contributed by atoms with van der Waals surface area (Å²) in [5.41, 5.74) is 1.47. The maximum Gasteiger partial charge on any atom is 0.0110 e. The SMILES string of the molecule is CCN1CCN2CCCN(CC1)CCN(CCc1ccccc1)CC2. The summed E-state index contributed by atoms with van der Waals surface area (Å²) in [7, 11) is 0. The third-order valence-corrected chi connectivity index (χ3v) is 5.89. The van der Waals surface area contributed by atoms with Crippen molar-refractivity contribution >= 4 is 0 Å². The molecule has 0 aromatic heterocycles. The molecule has 0 radical (unpaired) electrons. The molecular weight excluding hydrogens is 308 g/mol. The molecule has 140 valence electrons. The topological polar surface area (TPSA) is 13.0 Å². The van der Waals surface area contributed by atoms with Gasteiger partial charge in [-0.15, -0.1) is 0 Å². The van der Waals surface area contributed by atoms with Crippen molar-refractivity contribution in [2.45, 2.75) is 19.8 Å². The normalized spacial score (nSPS) is 27.4. The van der Waals surface area contributed by atoms with Gasteiger partial charge in [0.2, 0.25) is 0 Å². The Balaban J connectivity index is 1.58. The van der Waals surface area contributed by atoms with Crippen molar-refractivity contribution in [1.29, 1.82) is 0 Å². The van der Waals surface area contributed by atoms with Gasteiger partial charge in [-0.05, 0) is 38.0 Å². The molecule has 2 aliphatic heterocycles. The van der Waals surface area contributed by atoms with Gasteiger partial charge in [-0.25, -0.2) is 0 Å². The summed E-state index contributed by atoms with van der Waals surface area (Å²) in [5.74, 6) is 0. The summed E-state index contributed by atoms with van der Waals surface area (Å²) in [4.78, 5) is 10.7. The number of fused-ring (bicyclic) bond motifs is 4. The van der Waals surface area contributed by atoms with Crippen LogP contribution in [0.4, 0.5) is 0 Å². The minimum atomic E-state index is 1.17. The van der Waals surface area contributed by atoms with E-state index in [1.165, 1.54) is 96.9 Å². The lowest BCUT2D eigenvalue weighted by molar-refractivity contribution is 0.113. The van der Waals surface area contributed by atoms with Crippen LogP contribution in [-0.2, 0) is 6.42 Å². The van der Waals surface area contributed by atoms with Crippen molar-refractivity contribution in [1.82, 2.24) is 19.6 Å². The van der Waals surface area contributed by atoms with Crippen molar-refractivity contribution in [3.8, 4) is 0 Å². The van der Waals surface area contributed by atoms with Gasteiger partial charge in [0, 0.05) is 58.9 Å². The van der Waals surface area contributed by atoms with Crippen molar-refractivity contribution < 1.29 is 0 Å². The van der Waals surface area contributed by atoms with E-state index in [0.717, 1.165) is 0 Å². The van der Waals surface area contributed by atoms with Gasteiger partial charge in [-0.1, -0.05) is 37.3 Å². The van der Waals surface area contributed by atoms with Crippen molar-refractivity contribution in [2.75, 3.05) is 78.5 Å². The molecule has 0 spiro atoms. The van der Waals surface area contributed by atoms with E-state index in [1.807, 2.05) is 0 Å². The molecule has 2 atom stereocenters. The Morgan fingerprint density at radius 1 is 0.680 bits per heavy atom. The highest BCUT2D eigenvalue weighted by Crippen LogP contribution is 2.07. The van der Waals surface area contributed by atoms with Gasteiger partial charge in [-0.3, -0.25) is 0 Å². The Morgan fingerprint density at radius 2 is 1.24 bits per heavy atom. The van der Waals surface area contributed by atoms with Gasteiger partial charge in [0.1, 0.15) is 0 Å². The number of nitrogens with zero attached hydrogens (tertiary/aromatic N) is 4. The van der Waals surface area contributed by atoms with Crippen LogP contribution in [0.25, 0.3) is 0 Å². The second kappa shape index (κ2) is 10.3. The summed E-state index contributed by atoms with van der Waals surface area (Å²) in [5, 5.41) is 0. The number of benzene rings is 1. The number of hydrogen-bond acceptors (Lipinski definition) is 4. The van der Waals surface area contributed by atoms with Crippen LogP contribution in [-0.4, -0.2) is 98.1 Å². The molecule has 0 aliphatic carbocycles. The summed E-state index contributed by atoms with van der Waals surface area (Å²) in [6.45, 7) is 17.0. The molecule has 2 aliphatic rings. The quantitative estimate of drug-likeness (QED) is 0.827. The molecule has 1 aromatic carbocycles. The fourth-order valence-corrected chi connectivity index (χ4v) is 4.02. The van der Waals surface area contributed by atoms with Gasteiger partial charge in [0.25, 0.3) is 0 Å². The lowest BCUT2D eigenvalue weighted by atomic mass is 10.1. The summed E-state index contributed by atoms with van der Waals surface area (Å²) in [6.07, 6.45) is 2.50. The summed E-state index contributed by atoms with van der Waals surface area (Å²) >= 11 is 0. The van der Waals surface area contributed by atoms with Crippen LogP contribution in [0.3, 0.4) is 0 Å². The Hall–Kier alpha value is -0.940. The van der Waals surface area contributed by atoms with E-state index in [-0.39, 0.29) is 0 Å². The molecule has 4 heteroatoms. The number of likely N-dealkylation sites (N-methyl/N-ethyl adjacent to an activating group) is 1. The Morgan fingerprint density at radius 3 is 1.80 bits per heavy atom. The molecule has 4 nitrogen and oxygen atoms in total. The standard InChI is InChI=1S/C21H36N4/c1-2-22-13-15-23-10-6-11-24(16-14-22)18-20-25(19-17-23)12-9-21-7-4-3-5-8-21/h3-5,7-8H,2,6,9-20H2,1H3. The van der Waals surface area contributed by atoms with E-state index in [4.69, 9.17) is 0 Å². The number of rotatable bonds is 4. The Kier molecular flexibility index (Phi) is 7.74. The second-order valence-electron chi connectivity index (χ2n) is 7.55. The van der Waals surface area contributed by atoms with Crippen LogP contribution in [0.2, 0.25) is 0 Å². The summed E-state index contributed by atoms with van der Waals surface area (Å²) < 4.78 is 0. The molecular formula is C21H36N4. The van der Waals surface area contributed by atoms with E-state index in [2.05, 4.69) is 56.9 Å². The van der Waals surface area contributed by atoms with Crippen LogP contribution in [0.15, 0.2) is 30.3 Å². The van der Waals surface area contributed by atoms with Crippen molar-refractivity contribution in [3.63, 3.8) is 0 Å². The first-order valence-corrected chi connectivity index (χ1v) is 10.3. The molecule has 0 N–H and O–H groups in total. The van der Waals surface area contributed by atoms with E-state index in [9.17, 15) is 0 Å². The first kappa shape index (κ1) is 18.8. The zero-order chi connectivity index (χ0) is 17.3. The van der Waals surface area contributed by atoms with Gasteiger partial charge in [0.15, 0.2) is 0 Å². The lowest BCUT2D eigenvalue weighted by Crippen LogP contribution is -2.48. The van der Waals surface area contributed by atoms with Crippen LogP contribution in [0.1, 0.15) is 18.9 Å².